The summed E-state index contributed by atoms with van der Waals surface area (Å²) in [5, 5.41) is 0.0693. The van der Waals surface area contributed by atoms with Crippen LogP contribution in [0.15, 0.2) is 18.2 Å². The normalized spacial score (nSPS) is 13.3. The Morgan fingerprint density at radius 2 is 1.74 bits per heavy atom. The van der Waals surface area contributed by atoms with Crippen LogP contribution >= 0.6 is 24.0 Å². The van der Waals surface area contributed by atoms with Gasteiger partial charge in [0, 0.05) is 11.1 Å². The molecule has 0 amide bonds. The van der Waals surface area contributed by atoms with Crippen molar-refractivity contribution < 1.29 is 13.2 Å². The second kappa shape index (κ2) is 7.36. The molecule has 0 saturated carbocycles. The summed E-state index contributed by atoms with van der Waals surface area (Å²) in [4.78, 5) is 0. The summed E-state index contributed by atoms with van der Waals surface area (Å²) in [6, 6.07) is 3.09. The summed E-state index contributed by atoms with van der Waals surface area (Å²) in [6.45, 7) is 4.09. The molecule has 110 valence electrons. The number of nitrogens with two attached hydrogens (primary N) is 1. The van der Waals surface area contributed by atoms with Crippen molar-refractivity contribution in [3.63, 3.8) is 0 Å². The van der Waals surface area contributed by atoms with Crippen LogP contribution in [0.2, 0.25) is 5.02 Å². The van der Waals surface area contributed by atoms with Gasteiger partial charge in [-0.05, 0) is 42.5 Å². The molecule has 1 nitrogen and oxygen atoms in total. The molecule has 2 N–H and O–H groups in total. The predicted molar refractivity (Wildman–Crippen MR) is 74.7 cm³/mol. The van der Waals surface area contributed by atoms with Gasteiger partial charge >= 0.3 is 6.18 Å². The van der Waals surface area contributed by atoms with Crippen molar-refractivity contribution in [1.29, 1.82) is 0 Å². The molecule has 6 heteroatoms. The van der Waals surface area contributed by atoms with Crippen molar-refractivity contribution in [2.75, 3.05) is 0 Å². The maximum absolute atomic E-state index is 12.6. The molecular weight excluding hydrogens is 298 g/mol. The summed E-state index contributed by atoms with van der Waals surface area (Å²) in [6.07, 6.45) is -2.87. The van der Waals surface area contributed by atoms with Crippen molar-refractivity contribution in [1.82, 2.24) is 0 Å². The van der Waals surface area contributed by atoms with Crippen LogP contribution in [0.1, 0.15) is 43.9 Å². The minimum Gasteiger partial charge on any atom is -0.324 e. The molecule has 19 heavy (non-hydrogen) atoms. The highest BCUT2D eigenvalue weighted by molar-refractivity contribution is 6.30. The van der Waals surface area contributed by atoms with Crippen LogP contribution in [-0.2, 0) is 6.18 Å². The van der Waals surface area contributed by atoms with E-state index < -0.39 is 17.8 Å². The molecule has 1 aromatic rings. The molecule has 0 unspecified atom stereocenters. The highest BCUT2D eigenvalue weighted by Crippen LogP contribution is 2.33. The van der Waals surface area contributed by atoms with E-state index >= 15 is 0 Å². The molecule has 0 aliphatic rings. The first-order valence-electron chi connectivity index (χ1n) is 5.83. The average molecular weight is 316 g/mol. The number of halogens is 5. The smallest absolute Gasteiger partial charge is 0.324 e. The first-order chi connectivity index (χ1) is 8.20. The highest BCUT2D eigenvalue weighted by atomic mass is 35.5. The Morgan fingerprint density at radius 3 is 2.21 bits per heavy atom. The van der Waals surface area contributed by atoms with Gasteiger partial charge in [-0.1, -0.05) is 25.4 Å². The number of rotatable bonds is 4. The van der Waals surface area contributed by atoms with Crippen LogP contribution < -0.4 is 5.73 Å². The van der Waals surface area contributed by atoms with Gasteiger partial charge in [0.25, 0.3) is 0 Å². The molecule has 0 heterocycles. The molecule has 0 bridgehead atoms. The Morgan fingerprint density at radius 1 is 1.16 bits per heavy atom. The predicted octanol–water partition coefficient (Wildman–Crippen LogP) is 5.22. The van der Waals surface area contributed by atoms with Crippen LogP contribution in [0.5, 0.6) is 0 Å². The number of hydrogen-bond acceptors (Lipinski definition) is 1. The lowest BCUT2D eigenvalue weighted by Gasteiger charge is -2.16. The van der Waals surface area contributed by atoms with Crippen LogP contribution in [0.25, 0.3) is 0 Å². The Kier molecular flexibility index (Phi) is 7.19. The molecule has 0 fully saturated rings. The van der Waals surface area contributed by atoms with E-state index in [9.17, 15) is 13.2 Å². The van der Waals surface area contributed by atoms with E-state index in [0.29, 0.717) is 17.9 Å². The van der Waals surface area contributed by atoms with Gasteiger partial charge in [-0.2, -0.15) is 13.2 Å². The molecule has 0 aliphatic heterocycles. The van der Waals surface area contributed by atoms with Gasteiger partial charge in [0.05, 0.1) is 5.56 Å². The minimum atomic E-state index is -4.39. The Hall–Kier alpha value is -0.450. The van der Waals surface area contributed by atoms with E-state index in [1.807, 2.05) is 13.8 Å². The lowest BCUT2D eigenvalue weighted by molar-refractivity contribution is -0.137. The van der Waals surface area contributed by atoms with E-state index in [0.717, 1.165) is 18.6 Å². The number of alkyl halides is 3. The standard InChI is InChI=1S/C13H17ClF3N.ClH/c1-8(2)3-4-12(18)9-5-10(13(15,16)17)7-11(14)6-9;/h5-8,12H,3-4,18H2,1-2H3;1H/t12-;/m0./s1. The van der Waals surface area contributed by atoms with Gasteiger partial charge in [-0.15, -0.1) is 12.4 Å². The van der Waals surface area contributed by atoms with E-state index in [4.69, 9.17) is 17.3 Å². The summed E-state index contributed by atoms with van der Waals surface area (Å²) in [5.41, 5.74) is 5.59. The molecule has 0 aliphatic carbocycles. The first kappa shape index (κ1) is 18.6. The molecule has 0 radical (unpaired) electrons. The van der Waals surface area contributed by atoms with E-state index in [2.05, 4.69) is 0 Å². The summed E-state index contributed by atoms with van der Waals surface area (Å²) >= 11 is 5.71. The van der Waals surface area contributed by atoms with Crippen LogP contribution in [-0.4, -0.2) is 0 Å². The molecule has 0 spiro atoms. The van der Waals surface area contributed by atoms with Gasteiger partial charge in [0.2, 0.25) is 0 Å². The summed E-state index contributed by atoms with van der Waals surface area (Å²) in [5.74, 6) is 0.470. The van der Waals surface area contributed by atoms with Crippen molar-refractivity contribution in [2.45, 2.75) is 38.9 Å². The molecule has 1 atom stereocenters. The molecule has 0 saturated heterocycles. The number of benzene rings is 1. The lowest BCUT2D eigenvalue weighted by atomic mass is 9.97. The second-order valence-corrected chi connectivity index (χ2v) is 5.29. The number of hydrogen-bond donors (Lipinski definition) is 1. The Bertz CT molecular complexity index is 405. The van der Waals surface area contributed by atoms with Crippen LogP contribution in [0.3, 0.4) is 0 Å². The van der Waals surface area contributed by atoms with Crippen molar-refractivity contribution in [2.24, 2.45) is 11.7 Å². The fraction of sp³-hybridized carbons (Fsp3) is 0.538. The first-order valence-corrected chi connectivity index (χ1v) is 6.21. The van der Waals surface area contributed by atoms with Gasteiger partial charge in [0.15, 0.2) is 0 Å². The quantitative estimate of drug-likeness (QED) is 0.810. The second-order valence-electron chi connectivity index (χ2n) is 4.85. The van der Waals surface area contributed by atoms with Crippen LogP contribution in [0.4, 0.5) is 13.2 Å². The largest absolute Gasteiger partial charge is 0.416 e. The van der Waals surface area contributed by atoms with Crippen molar-refractivity contribution >= 4 is 24.0 Å². The van der Waals surface area contributed by atoms with Crippen molar-refractivity contribution in [3.05, 3.63) is 34.3 Å². The van der Waals surface area contributed by atoms with E-state index in [-0.39, 0.29) is 17.4 Å². The van der Waals surface area contributed by atoms with Crippen molar-refractivity contribution in [3.8, 4) is 0 Å². The minimum absolute atomic E-state index is 0. The maximum atomic E-state index is 12.6. The van der Waals surface area contributed by atoms with E-state index in [1.165, 1.54) is 6.07 Å². The lowest BCUT2D eigenvalue weighted by Crippen LogP contribution is -2.13. The molecule has 0 aromatic heterocycles. The topological polar surface area (TPSA) is 26.0 Å². The van der Waals surface area contributed by atoms with E-state index in [1.54, 1.807) is 0 Å². The highest BCUT2D eigenvalue weighted by Gasteiger charge is 2.31. The Labute approximate surface area is 122 Å². The van der Waals surface area contributed by atoms with Gasteiger partial charge in [0.1, 0.15) is 0 Å². The third-order valence-corrected chi connectivity index (χ3v) is 2.95. The monoisotopic (exact) mass is 315 g/mol. The fourth-order valence-corrected chi connectivity index (χ4v) is 1.91. The van der Waals surface area contributed by atoms with Gasteiger partial charge in [-0.3, -0.25) is 0 Å². The zero-order valence-corrected chi connectivity index (χ0v) is 12.4. The zero-order chi connectivity index (χ0) is 13.9. The fourth-order valence-electron chi connectivity index (χ4n) is 1.67. The zero-order valence-electron chi connectivity index (χ0n) is 10.8. The summed E-state index contributed by atoms with van der Waals surface area (Å²) < 4.78 is 37.9. The average Bonchev–Trinajstić information content (AvgIpc) is 2.23. The third-order valence-electron chi connectivity index (χ3n) is 2.73. The van der Waals surface area contributed by atoms with Gasteiger partial charge < -0.3 is 5.73 Å². The van der Waals surface area contributed by atoms with Gasteiger partial charge in [-0.25, -0.2) is 0 Å². The Balaban J connectivity index is 0.00000324. The third kappa shape index (κ3) is 6.02. The van der Waals surface area contributed by atoms with Crippen LogP contribution in [0, 0.1) is 5.92 Å². The summed E-state index contributed by atoms with van der Waals surface area (Å²) in [7, 11) is 0. The SMILES string of the molecule is CC(C)CC[C@H](N)c1cc(Cl)cc(C(F)(F)F)c1.Cl. The molecular formula is C13H18Cl2F3N. The maximum Gasteiger partial charge on any atom is 0.416 e. The molecule has 1 aromatic carbocycles. The molecule has 1 rings (SSSR count).